The van der Waals surface area contributed by atoms with Gasteiger partial charge < -0.3 is 4.74 Å². The number of esters is 1. The van der Waals surface area contributed by atoms with E-state index in [1.807, 2.05) is 0 Å². The first-order chi connectivity index (χ1) is 13.8. The van der Waals surface area contributed by atoms with E-state index in [1.165, 1.54) is 18.2 Å². The van der Waals surface area contributed by atoms with Gasteiger partial charge in [0.15, 0.2) is 5.82 Å². The number of allylic oxidation sites excluding steroid dienone is 1. The van der Waals surface area contributed by atoms with E-state index in [2.05, 4.69) is 6.58 Å². The summed E-state index contributed by atoms with van der Waals surface area (Å²) in [5.74, 6) is -5.73. The molecule has 0 fully saturated rings. The monoisotopic (exact) mass is 399 g/mol. The summed E-state index contributed by atoms with van der Waals surface area (Å²) >= 11 is 0. The van der Waals surface area contributed by atoms with Gasteiger partial charge in [0, 0.05) is 5.39 Å². The van der Waals surface area contributed by atoms with Crippen molar-refractivity contribution < 1.29 is 27.1 Å². The van der Waals surface area contributed by atoms with Gasteiger partial charge >= 0.3 is 5.97 Å². The molecule has 0 aromatic heterocycles. The topological polar surface area (TPSA) is 50.1 Å². The Balaban J connectivity index is 1.92. The largest absolute Gasteiger partial charge is 0.423 e. The van der Waals surface area contributed by atoms with Crippen LogP contribution in [0.3, 0.4) is 0 Å². The van der Waals surface area contributed by atoms with Gasteiger partial charge in [-0.25, -0.2) is 22.4 Å². The third-order valence-electron chi connectivity index (χ3n) is 4.27. The number of aryl methyl sites for hydroxylation is 1. The van der Waals surface area contributed by atoms with Crippen LogP contribution in [0.5, 0.6) is 5.75 Å². The Kier molecular flexibility index (Phi) is 5.64. The maximum Gasteiger partial charge on any atom is 0.349 e. The van der Waals surface area contributed by atoms with Crippen LogP contribution >= 0.6 is 0 Å². The van der Waals surface area contributed by atoms with Crippen LogP contribution in [0, 0.1) is 34.6 Å². The van der Waals surface area contributed by atoms with Gasteiger partial charge in [0.1, 0.15) is 40.4 Å². The minimum absolute atomic E-state index is 0.0185. The highest BCUT2D eigenvalue weighted by Gasteiger charge is 2.21. The Morgan fingerprint density at radius 1 is 1.07 bits per heavy atom. The van der Waals surface area contributed by atoms with E-state index >= 15 is 0 Å². The molecule has 0 aliphatic heterocycles. The summed E-state index contributed by atoms with van der Waals surface area (Å²) in [4.78, 5) is 12.2. The van der Waals surface area contributed by atoms with E-state index in [1.54, 1.807) is 6.08 Å². The van der Waals surface area contributed by atoms with Gasteiger partial charge in [-0.3, -0.25) is 0 Å². The fourth-order valence-electron chi connectivity index (χ4n) is 2.87. The van der Waals surface area contributed by atoms with E-state index in [4.69, 9.17) is 10.00 Å². The minimum atomic E-state index is -1.29. The molecule has 0 bridgehead atoms. The number of carbonyl (C=O) groups excluding carboxylic acids is 1. The Morgan fingerprint density at radius 2 is 1.76 bits per heavy atom. The molecule has 0 atom stereocenters. The molecule has 146 valence electrons. The van der Waals surface area contributed by atoms with Crippen molar-refractivity contribution in [2.75, 3.05) is 0 Å². The van der Waals surface area contributed by atoms with Crippen molar-refractivity contribution in [2.24, 2.45) is 0 Å². The number of nitrogens with zero attached hydrogens (tertiary/aromatic N) is 1. The Labute approximate surface area is 163 Å². The third-order valence-corrected chi connectivity index (χ3v) is 4.27. The Hall–Kier alpha value is -3.66. The van der Waals surface area contributed by atoms with Crippen molar-refractivity contribution in [1.82, 2.24) is 0 Å². The quantitative estimate of drug-likeness (QED) is 0.243. The zero-order chi connectivity index (χ0) is 21.1. The number of halogens is 4. The number of nitriles is 1. The van der Waals surface area contributed by atoms with E-state index in [-0.39, 0.29) is 16.5 Å². The van der Waals surface area contributed by atoms with Crippen molar-refractivity contribution in [2.45, 2.75) is 12.8 Å². The van der Waals surface area contributed by atoms with Gasteiger partial charge in [0.2, 0.25) is 0 Å². The van der Waals surface area contributed by atoms with Gasteiger partial charge in [-0.15, -0.1) is 6.58 Å². The van der Waals surface area contributed by atoms with Crippen LogP contribution < -0.4 is 4.74 Å². The number of carbonyl (C=O) groups is 1. The highest BCUT2D eigenvalue weighted by Crippen LogP contribution is 2.28. The lowest BCUT2D eigenvalue weighted by molar-refractivity contribution is 0.0725. The van der Waals surface area contributed by atoms with Crippen molar-refractivity contribution >= 4 is 16.7 Å². The molecule has 0 N–H and O–H groups in total. The van der Waals surface area contributed by atoms with Gasteiger partial charge in [-0.1, -0.05) is 6.08 Å². The molecular weight excluding hydrogens is 386 g/mol. The fraction of sp³-hybridized carbons (Fsp3) is 0.0909. The lowest BCUT2D eigenvalue weighted by Gasteiger charge is -2.09. The van der Waals surface area contributed by atoms with Gasteiger partial charge in [-0.2, -0.15) is 5.26 Å². The SMILES string of the molecule is C=CCCc1cc(F)c(C(=O)Oc2ccc3c(F)c(C#N)c(F)cc3c2)c(F)c1. The summed E-state index contributed by atoms with van der Waals surface area (Å²) in [6.45, 7) is 3.53. The average molecular weight is 399 g/mol. The maximum absolute atomic E-state index is 14.2. The van der Waals surface area contributed by atoms with Crippen molar-refractivity contribution in [3.05, 3.63) is 89.0 Å². The molecule has 0 aliphatic rings. The molecule has 0 aliphatic carbocycles. The average Bonchev–Trinajstić information content (AvgIpc) is 2.66. The third kappa shape index (κ3) is 3.97. The van der Waals surface area contributed by atoms with E-state index in [9.17, 15) is 22.4 Å². The predicted octanol–water partition coefficient (Wildman–Crippen LogP) is 5.61. The van der Waals surface area contributed by atoms with Crippen molar-refractivity contribution in [3.63, 3.8) is 0 Å². The highest BCUT2D eigenvalue weighted by atomic mass is 19.1. The van der Waals surface area contributed by atoms with Gasteiger partial charge in [0.25, 0.3) is 0 Å². The second kappa shape index (κ2) is 8.15. The molecule has 3 nitrogen and oxygen atoms in total. The molecular formula is C22H13F4NO2. The Morgan fingerprint density at radius 3 is 2.38 bits per heavy atom. The summed E-state index contributed by atoms with van der Waals surface area (Å²) in [5.41, 5.74) is -1.24. The number of benzene rings is 3. The summed E-state index contributed by atoms with van der Waals surface area (Å²) < 4.78 is 61.4. The summed E-state index contributed by atoms with van der Waals surface area (Å²) in [7, 11) is 0. The number of rotatable bonds is 5. The van der Waals surface area contributed by atoms with E-state index < -0.39 is 40.4 Å². The van der Waals surface area contributed by atoms with Gasteiger partial charge in [-0.05, 0) is 60.2 Å². The van der Waals surface area contributed by atoms with Crippen LogP contribution in [0.2, 0.25) is 0 Å². The first-order valence-corrected chi connectivity index (χ1v) is 8.48. The standard InChI is InChI=1S/C22H13F4NO2/c1-2-3-4-12-7-18(24)20(19(25)8-12)22(28)29-14-5-6-15-13(9-14)10-17(23)16(11-27)21(15)26/h2,5-10H,1,3-4H2. The molecule has 0 radical (unpaired) electrons. The second-order valence-corrected chi connectivity index (χ2v) is 6.19. The summed E-state index contributed by atoms with van der Waals surface area (Å²) in [5, 5.41) is 8.76. The van der Waals surface area contributed by atoms with Crippen LogP contribution in [0.1, 0.15) is 27.9 Å². The molecule has 0 unspecified atom stereocenters. The van der Waals surface area contributed by atoms with Crippen molar-refractivity contribution in [1.29, 1.82) is 5.26 Å². The molecule has 3 aromatic rings. The first kappa shape index (κ1) is 20.1. The first-order valence-electron chi connectivity index (χ1n) is 8.48. The fourth-order valence-corrected chi connectivity index (χ4v) is 2.87. The lowest BCUT2D eigenvalue weighted by Crippen LogP contribution is -2.14. The second-order valence-electron chi connectivity index (χ2n) is 6.19. The molecule has 0 amide bonds. The Bertz CT molecular complexity index is 1160. The maximum atomic E-state index is 14.2. The molecule has 0 spiro atoms. The molecule has 0 heterocycles. The molecule has 3 rings (SSSR count). The van der Waals surface area contributed by atoms with Crippen LogP contribution in [0.15, 0.2) is 49.1 Å². The molecule has 29 heavy (non-hydrogen) atoms. The number of fused-ring (bicyclic) bond motifs is 1. The predicted molar refractivity (Wildman–Crippen MR) is 98.4 cm³/mol. The summed E-state index contributed by atoms with van der Waals surface area (Å²) in [6.07, 6.45) is 2.47. The zero-order valence-corrected chi connectivity index (χ0v) is 14.9. The smallest absolute Gasteiger partial charge is 0.349 e. The zero-order valence-electron chi connectivity index (χ0n) is 14.9. The summed E-state index contributed by atoms with van der Waals surface area (Å²) in [6, 6.07) is 7.91. The van der Waals surface area contributed by atoms with E-state index in [0.717, 1.165) is 24.3 Å². The molecule has 0 saturated heterocycles. The molecule has 7 heteroatoms. The number of hydrogen-bond acceptors (Lipinski definition) is 3. The van der Waals surface area contributed by atoms with Crippen LogP contribution in [0.4, 0.5) is 17.6 Å². The van der Waals surface area contributed by atoms with Crippen molar-refractivity contribution in [3.8, 4) is 11.8 Å². The highest BCUT2D eigenvalue weighted by molar-refractivity contribution is 5.93. The lowest BCUT2D eigenvalue weighted by atomic mass is 10.1. The van der Waals surface area contributed by atoms with E-state index in [0.29, 0.717) is 18.4 Å². The van der Waals surface area contributed by atoms with Crippen LogP contribution in [0.25, 0.3) is 10.8 Å². The van der Waals surface area contributed by atoms with Crippen LogP contribution in [-0.2, 0) is 6.42 Å². The number of hydrogen-bond donors (Lipinski definition) is 0. The molecule has 0 saturated carbocycles. The molecule has 3 aromatic carbocycles. The van der Waals surface area contributed by atoms with Gasteiger partial charge in [0.05, 0.1) is 0 Å². The minimum Gasteiger partial charge on any atom is -0.423 e. The number of ether oxygens (including phenoxy) is 1. The normalized spacial score (nSPS) is 10.6. The van der Waals surface area contributed by atoms with Crippen LogP contribution in [-0.4, -0.2) is 5.97 Å².